The van der Waals surface area contributed by atoms with E-state index in [2.05, 4.69) is 10.3 Å². The molecule has 0 radical (unpaired) electrons. The minimum atomic E-state index is -0.606. The van der Waals surface area contributed by atoms with Crippen LogP contribution >= 0.6 is 12.4 Å². The number of aromatic nitrogens is 1. The summed E-state index contributed by atoms with van der Waals surface area (Å²) in [6, 6.07) is 11.2. The van der Waals surface area contributed by atoms with Crippen LogP contribution in [-0.2, 0) is 4.74 Å². The second kappa shape index (κ2) is 9.65. The highest BCUT2D eigenvalue weighted by atomic mass is 35.5. The fourth-order valence-electron chi connectivity index (χ4n) is 3.25. The van der Waals surface area contributed by atoms with Crippen LogP contribution in [0.3, 0.4) is 0 Å². The number of phenols is 1. The molecule has 160 valence electrons. The van der Waals surface area contributed by atoms with Gasteiger partial charge in [0.25, 0.3) is 0 Å². The molecule has 0 aliphatic heterocycles. The maximum atomic E-state index is 13.5. The van der Waals surface area contributed by atoms with Gasteiger partial charge in [0.2, 0.25) is 0 Å². The largest absolute Gasteiger partial charge is 0.506 e. The Balaban J connectivity index is 0.00000320. The number of phenolic OH excluding ortho intramolecular Hbond substituents is 1. The van der Waals surface area contributed by atoms with Gasteiger partial charge in [-0.3, -0.25) is 4.79 Å². The van der Waals surface area contributed by atoms with Gasteiger partial charge in [0.05, 0.1) is 25.8 Å². The van der Waals surface area contributed by atoms with E-state index in [-0.39, 0.29) is 35.7 Å². The van der Waals surface area contributed by atoms with Crippen LogP contribution in [0.15, 0.2) is 42.5 Å². The number of ketones is 1. The molecule has 0 fully saturated rings. The zero-order valence-corrected chi connectivity index (χ0v) is 18.0. The van der Waals surface area contributed by atoms with Crippen molar-refractivity contribution in [2.24, 2.45) is 0 Å². The van der Waals surface area contributed by atoms with Gasteiger partial charge in [-0.05, 0) is 49.7 Å². The quantitative estimate of drug-likeness (QED) is 0.385. The minimum Gasteiger partial charge on any atom is -0.506 e. The predicted octanol–water partition coefficient (Wildman–Crippen LogP) is 4.01. The third kappa shape index (κ3) is 4.58. The van der Waals surface area contributed by atoms with Crippen LogP contribution in [0.5, 0.6) is 11.5 Å². The summed E-state index contributed by atoms with van der Waals surface area (Å²) in [6.45, 7) is 3.92. The molecule has 7 nitrogen and oxygen atoms in total. The highest BCUT2D eigenvalue weighted by molar-refractivity contribution is 6.12. The van der Waals surface area contributed by atoms with E-state index < -0.39 is 12.0 Å². The van der Waals surface area contributed by atoms with E-state index in [0.717, 1.165) is 5.56 Å². The summed E-state index contributed by atoms with van der Waals surface area (Å²) in [7, 11) is 2.86. The molecule has 1 unspecified atom stereocenters. The van der Waals surface area contributed by atoms with Gasteiger partial charge in [0.15, 0.2) is 5.78 Å². The molecule has 1 heterocycles. The molecule has 1 aromatic heterocycles. The van der Waals surface area contributed by atoms with E-state index in [1.54, 1.807) is 25.3 Å². The molecule has 2 aromatic carbocycles. The Kier molecular flexibility index (Phi) is 7.48. The topological polar surface area (TPSA) is 101 Å². The molecule has 0 aliphatic carbocycles. The van der Waals surface area contributed by atoms with Gasteiger partial charge in [-0.1, -0.05) is 12.1 Å². The number of rotatable bonds is 7. The third-order valence-electron chi connectivity index (χ3n) is 4.65. The summed E-state index contributed by atoms with van der Waals surface area (Å²) in [5.74, 6) is -0.107. The van der Waals surface area contributed by atoms with Gasteiger partial charge in [0, 0.05) is 17.0 Å². The van der Waals surface area contributed by atoms with Gasteiger partial charge in [-0.2, -0.15) is 0 Å². The summed E-state index contributed by atoms with van der Waals surface area (Å²) in [6.07, 6.45) is 0. The lowest BCUT2D eigenvalue weighted by Gasteiger charge is -2.21. The van der Waals surface area contributed by atoms with E-state index in [9.17, 15) is 14.7 Å². The third-order valence-corrected chi connectivity index (χ3v) is 4.65. The lowest BCUT2D eigenvalue weighted by atomic mass is 9.94. The van der Waals surface area contributed by atoms with Crippen molar-refractivity contribution in [3.8, 4) is 11.5 Å². The molecule has 0 bridgehead atoms. The van der Waals surface area contributed by atoms with Gasteiger partial charge >= 0.3 is 5.97 Å². The van der Waals surface area contributed by atoms with Crippen molar-refractivity contribution < 1.29 is 24.2 Å². The minimum absolute atomic E-state index is 0. The molecule has 3 rings (SSSR count). The number of hydrogen-bond donors (Lipinski definition) is 3. The molecule has 3 N–H and O–H groups in total. The molecule has 0 spiro atoms. The number of methoxy groups -OCH3 is 2. The van der Waals surface area contributed by atoms with Crippen molar-refractivity contribution in [2.45, 2.75) is 25.9 Å². The van der Waals surface area contributed by atoms with Crippen molar-refractivity contribution in [2.75, 3.05) is 14.2 Å². The first-order chi connectivity index (χ1) is 13.8. The number of halogens is 1. The average Bonchev–Trinajstić information content (AvgIpc) is 3.17. The first kappa shape index (κ1) is 23.3. The fraction of sp³-hybridized carbons (Fsp3) is 0.273. The van der Waals surface area contributed by atoms with Crippen LogP contribution in [0.25, 0.3) is 10.9 Å². The smallest absolute Gasteiger partial charge is 0.354 e. The number of H-pyrrole nitrogens is 1. The van der Waals surface area contributed by atoms with E-state index in [1.807, 2.05) is 26.0 Å². The Labute approximate surface area is 180 Å². The molecule has 0 saturated heterocycles. The van der Waals surface area contributed by atoms with E-state index in [1.165, 1.54) is 19.2 Å². The Morgan fingerprint density at radius 3 is 2.30 bits per heavy atom. The van der Waals surface area contributed by atoms with Crippen LogP contribution < -0.4 is 10.1 Å². The number of ether oxygens (including phenoxy) is 2. The van der Waals surface area contributed by atoms with E-state index >= 15 is 0 Å². The van der Waals surface area contributed by atoms with Crippen LogP contribution in [0, 0.1) is 0 Å². The van der Waals surface area contributed by atoms with Crippen LogP contribution in [0.4, 0.5) is 0 Å². The molecule has 0 saturated carbocycles. The maximum absolute atomic E-state index is 13.5. The van der Waals surface area contributed by atoms with E-state index in [4.69, 9.17) is 9.47 Å². The Bertz CT molecular complexity index is 1040. The van der Waals surface area contributed by atoms with Gasteiger partial charge < -0.3 is 24.9 Å². The van der Waals surface area contributed by atoms with E-state index in [0.29, 0.717) is 22.2 Å². The number of fused-ring (bicyclic) bond motifs is 1. The molecule has 0 amide bonds. The average molecular weight is 433 g/mol. The normalized spacial score (nSPS) is 11.8. The number of aromatic amines is 1. The number of carbonyl (C=O) groups is 2. The van der Waals surface area contributed by atoms with Crippen molar-refractivity contribution in [3.05, 3.63) is 59.3 Å². The zero-order chi connectivity index (χ0) is 21.1. The monoisotopic (exact) mass is 432 g/mol. The second-order valence-corrected chi connectivity index (χ2v) is 6.99. The number of hydrogen-bond acceptors (Lipinski definition) is 6. The first-order valence-electron chi connectivity index (χ1n) is 9.23. The fourth-order valence-corrected chi connectivity index (χ4v) is 3.25. The number of aromatic hydroxyl groups is 1. The molecule has 8 heteroatoms. The summed E-state index contributed by atoms with van der Waals surface area (Å²) in [5.41, 5.74) is 1.65. The first-order valence-corrected chi connectivity index (χ1v) is 9.23. The second-order valence-electron chi connectivity index (χ2n) is 6.99. The van der Waals surface area contributed by atoms with Gasteiger partial charge in [-0.25, -0.2) is 4.79 Å². The lowest BCUT2D eigenvalue weighted by molar-refractivity contribution is 0.0595. The SMILES string of the molecule is COC(=O)c1cc2c(C(=O)C(NC(C)C)c3ccc(OC)cc3)ccc(O)c2[nH]1.Cl. The molecule has 30 heavy (non-hydrogen) atoms. The predicted molar refractivity (Wildman–Crippen MR) is 117 cm³/mol. The van der Waals surface area contributed by atoms with Crippen molar-refractivity contribution in [1.29, 1.82) is 0 Å². The number of esters is 1. The van der Waals surface area contributed by atoms with Crippen molar-refractivity contribution in [1.82, 2.24) is 10.3 Å². The van der Waals surface area contributed by atoms with Crippen LogP contribution in [-0.4, -0.2) is 42.1 Å². The van der Waals surface area contributed by atoms with Gasteiger partial charge in [0.1, 0.15) is 17.2 Å². The van der Waals surface area contributed by atoms with Crippen LogP contribution in [0.2, 0.25) is 0 Å². The maximum Gasteiger partial charge on any atom is 0.354 e. The summed E-state index contributed by atoms with van der Waals surface area (Å²) >= 11 is 0. The molecular formula is C22H25ClN2O5. The van der Waals surface area contributed by atoms with Crippen LogP contribution in [0.1, 0.15) is 46.3 Å². The number of benzene rings is 2. The number of Topliss-reactive ketones (excluding diaryl/α,β-unsaturated/α-hetero) is 1. The highest BCUT2D eigenvalue weighted by Gasteiger charge is 2.26. The standard InChI is InChI=1S/C22H24N2O5.ClH/c1-12(2)23-19(13-5-7-14(28-3)8-6-13)21(26)15-9-10-18(25)20-16(15)11-17(24-20)22(27)29-4;/h5-12,19,23-25H,1-4H3;1H. The van der Waals surface area contributed by atoms with Gasteiger partial charge in [-0.15, -0.1) is 12.4 Å². The summed E-state index contributed by atoms with van der Waals surface area (Å²) in [5, 5.41) is 13.9. The summed E-state index contributed by atoms with van der Waals surface area (Å²) in [4.78, 5) is 28.2. The Morgan fingerprint density at radius 1 is 1.07 bits per heavy atom. The highest BCUT2D eigenvalue weighted by Crippen LogP contribution is 2.31. The Morgan fingerprint density at radius 2 is 1.73 bits per heavy atom. The molecule has 0 aliphatic rings. The number of nitrogens with one attached hydrogen (secondary N) is 2. The Hall–Kier alpha value is -3.03. The van der Waals surface area contributed by atoms with Crippen molar-refractivity contribution >= 4 is 35.1 Å². The molecule has 1 atom stereocenters. The molecular weight excluding hydrogens is 408 g/mol. The summed E-state index contributed by atoms with van der Waals surface area (Å²) < 4.78 is 9.94. The lowest BCUT2D eigenvalue weighted by Crippen LogP contribution is -2.33. The molecule has 3 aromatic rings. The van der Waals surface area contributed by atoms with Crippen molar-refractivity contribution in [3.63, 3.8) is 0 Å². The number of carbonyl (C=O) groups excluding carboxylic acids is 2. The zero-order valence-electron chi connectivity index (χ0n) is 17.2.